The van der Waals surface area contributed by atoms with Crippen molar-refractivity contribution in [3.05, 3.63) is 53.7 Å². The lowest BCUT2D eigenvalue weighted by molar-refractivity contribution is -0.132. The summed E-state index contributed by atoms with van der Waals surface area (Å²) in [5.41, 5.74) is 1.33. The predicted molar refractivity (Wildman–Crippen MR) is 140 cm³/mol. The standard InChI is InChI=1S/C28H35FN6O2/c1-19-6-4-5-7-23(19)28-31-27(21-8-9-24(29)20(2)16-21)32-35(28)18-26(36)34-14-12-33(13-15-34)25-17-22(37-3)10-11-30-25/h8-11,16-17,19,23H,4-7,12-15,18H2,1-3H3. The number of anilines is 1. The lowest BCUT2D eigenvalue weighted by atomic mass is 9.80. The molecule has 1 amide bonds. The summed E-state index contributed by atoms with van der Waals surface area (Å²) in [7, 11) is 1.64. The van der Waals surface area contributed by atoms with Gasteiger partial charge < -0.3 is 14.5 Å². The highest BCUT2D eigenvalue weighted by molar-refractivity contribution is 5.76. The van der Waals surface area contributed by atoms with Crippen LogP contribution in [-0.2, 0) is 11.3 Å². The van der Waals surface area contributed by atoms with E-state index >= 15 is 0 Å². The van der Waals surface area contributed by atoms with Crippen molar-refractivity contribution in [2.24, 2.45) is 5.92 Å². The second kappa shape index (κ2) is 10.9. The molecule has 5 rings (SSSR count). The number of hydrogen-bond acceptors (Lipinski definition) is 6. The minimum atomic E-state index is -0.247. The molecule has 2 atom stereocenters. The molecular weight excluding hydrogens is 471 g/mol. The fourth-order valence-corrected chi connectivity index (χ4v) is 5.46. The van der Waals surface area contributed by atoms with Gasteiger partial charge in [0.2, 0.25) is 5.91 Å². The maximum absolute atomic E-state index is 13.9. The summed E-state index contributed by atoms with van der Waals surface area (Å²) in [6.45, 7) is 6.80. The Labute approximate surface area is 217 Å². The van der Waals surface area contributed by atoms with Crippen LogP contribution in [0.25, 0.3) is 11.4 Å². The molecule has 3 aromatic rings. The van der Waals surface area contributed by atoms with Gasteiger partial charge >= 0.3 is 0 Å². The highest BCUT2D eigenvalue weighted by Crippen LogP contribution is 2.37. The van der Waals surface area contributed by atoms with E-state index in [0.717, 1.165) is 42.2 Å². The summed E-state index contributed by atoms with van der Waals surface area (Å²) in [5, 5.41) is 4.78. The molecule has 2 aromatic heterocycles. The molecule has 1 aliphatic carbocycles. The van der Waals surface area contributed by atoms with E-state index in [1.54, 1.807) is 37.0 Å². The fraction of sp³-hybridized carbons (Fsp3) is 0.500. The number of pyridine rings is 1. The molecular formula is C28H35FN6O2. The van der Waals surface area contributed by atoms with Gasteiger partial charge in [-0.2, -0.15) is 5.10 Å². The Balaban J connectivity index is 1.33. The van der Waals surface area contributed by atoms with Crippen LogP contribution in [0.15, 0.2) is 36.5 Å². The van der Waals surface area contributed by atoms with Gasteiger partial charge in [0.15, 0.2) is 5.82 Å². The van der Waals surface area contributed by atoms with E-state index < -0.39 is 0 Å². The molecule has 0 spiro atoms. The lowest BCUT2D eigenvalue weighted by Gasteiger charge is -2.35. The molecule has 9 heteroatoms. The number of piperazine rings is 1. The molecule has 2 unspecified atom stereocenters. The number of aromatic nitrogens is 4. The molecule has 3 heterocycles. The third-order valence-corrected chi connectivity index (χ3v) is 7.75. The van der Waals surface area contributed by atoms with E-state index in [2.05, 4.69) is 16.8 Å². The number of carbonyl (C=O) groups is 1. The van der Waals surface area contributed by atoms with Crippen molar-refractivity contribution in [3.8, 4) is 17.1 Å². The average Bonchev–Trinajstić information content (AvgIpc) is 3.34. The van der Waals surface area contributed by atoms with Crippen LogP contribution >= 0.6 is 0 Å². The van der Waals surface area contributed by atoms with Gasteiger partial charge in [0, 0.05) is 49.9 Å². The van der Waals surface area contributed by atoms with Gasteiger partial charge in [0.05, 0.1) is 7.11 Å². The van der Waals surface area contributed by atoms with E-state index in [1.807, 2.05) is 17.0 Å². The Hall–Kier alpha value is -3.49. The molecule has 2 aliphatic rings. The number of methoxy groups -OCH3 is 1. The van der Waals surface area contributed by atoms with Crippen molar-refractivity contribution in [1.29, 1.82) is 0 Å². The van der Waals surface area contributed by atoms with Crippen LogP contribution < -0.4 is 9.64 Å². The first-order chi connectivity index (χ1) is 17.9. The summed E-state index contributed by atoms with van der Waals surface area (Å²) >= 11 is 0. The zero-order chi connectivity index (χ0) is 25.9. The van der Waals surface area contributed by atoms with Gasteiger partial charge in [-0.15, -0.1) is 0 Å². The molecule has 2 fully saturated rings. The summed E-state index contributed by atoms with van der Waals surface area (Å²) in [5.74, 6) is 3.59. The monoisotopic (exact) mass is 506 g/mol. The van der Waals surface area contributed by atoms with Gasteiger partial charge in [-0.1, -0.05) is 26.2 Å². The first-order valence-corrected chi connectivity index (χ1v) is 13.2. The summed E-state index contributed by atoms with van der Waals surface area (Å²) in [6.07, 6.45) is 6.31. The van der Waals surface area contributed by atoms with Gasteiger partial charge in [0.25, 0.3) is 0 Å². The smallest absolute Gasteiger partial charge is 0.244 e. The minimum Gasteiger partial charge on any atom is -0.497 e. The summed E-state index contributed by atoms with van der Waals surface area (Å²) in [4.78, 5) is 26.9. The molecule has 1 saturated heterocycles. The normalized spacial score (nSPS) is 20.2. The number of amides is 1. The Kier molecular flexibility index (Phi) is 7.39. The van der Waals surface area contributed by atoms with Crippen molar-refractivity contribution in [3.63, 3.8) is 0 Å². The molecule has 37 heavy (non-hydrogen) atoms. The summed E-state index contributed by atoms with van der Waals surface area (Å²) in [6, 6.07) is 8.69. The number of halogens is 1. The molecule has 0 N–H and O–H groups in total. The number of carbonyl (C=O) groups excluding carboxylic acids is 1. The quantitative estimate of drug-likeness (QED) is 0.492. The van der Waals surface area contributed by atoms with E-state index in [4.69, 9.17) is 14.8 Å². The zero-order valence-electron chi connectivity index (χ0n) is 21.9. The van der Waals surface area contributed by atoms with Crippen LogP contribution in [0.2, 0.25) is 0 Å². The Morgan fingerprint density at radius 1 is 1.11 bits per heavy atom. The van der Waals surface area contributed by atoms with Crippen LogP contribution in [0, 0.1) is 18.7 Å². The van der Waals surface area contributed by atoms with Crippen LogP contribution in [0.3, 0.4) is 0 Å². The number of rotatable bonds is 6. The molecule has 1 aromatic carbocycles. The van der Waals surface area contributed by atoms with E-state index in [9.17, 15) is 9.18 Å². The van der Waals surface area contributed by atoms with Gasteiger partial charge in [-0.25, -0.2) is 19.0 Å². The van der Waals surface area contributed by atoms with Gasteiger partial charge in [-0.05, 0) is 49.1 Å². The van der Waals surface area contributed by atoms with E-state index in [1.165, 1.54) is 12.5 Å². The Bertz CT molecular complexity index is 1250. The van der Waals surface area contributed by atoms with Crippen molar-refractivity contribution < 1.29 is 13.9 Å². The second-order valence-corrected chi connectivity index (χ2v) is 10.2. The molecule has 1 saturated carbocycles. The Morgan fingerprint density at radius 3 is 2.62 bits per heavy atom. The average molecular weight is 507 g/mol. The van der Waals surface area contributed by atoms with Crippen molar-refractivity contribution in [2.45, 2.75) is 52.0 Å². The lowest BCUT2D eigenvalue weighted by Crippen LogP contribution is -2.50. The van der Waals surface area contributed by atoms with Crippen LogP contribution in [0.5, 0.6) is 5.75 Å². The van der Waals surface area contributed by atoms with E-state index in [0.29, 0.717) is 43.5 Å². The highest BCUT2D eigenvalue weighted by Gasteiger charge is 2.30. The van der Waals surface area contributed by atoms with Crippen LogP contribution in [0.1, 0.15) is 49.9 Å². The fourth-order valence-electron chi connectivity index (χ4n) is 5.46. The number of aryl methyl sites for hydroxylation is 1. The largest absolute Gasteiger partial charge is 0.497 e. The first-order valence-electron chi connectivity index (χ1n) is 13.2. The van der Waals surface area contributed by atoms with Crippen molar-refractivity contribution in [2.75, 3.05) is 38.2 Å². The zero-order valence-corrected chi connectivity index (χ0v) is 21.9. The van der Waals surface area contributed by atoms with E-state index in [-0.39, 0.29) is 24.2 Å². The number of ether oxygens (including phenoxy) is 1. The maximum atomic E-state index is 13.9. The molecule has 0 bridgehead atoms. The summed E-state index contributed by atoms with van der Waals surface area (Å²) < 4.78 is 21.0. The first kappa shape index (κ1) is 25.2. The van der Waals surface area contributed by atoms with Crippen LogP contribution in [0.4, 0.5) is 10.2 Å². The molecule has 0 radical (unpaired) electrons. The third kappa shape index (κ3) is 5.45. The predicted octanol–water partition coefficient (Wildman–Crippen LogP) is 4.44. The van der Waals surface area contributed by atoms with Gasteiger partial charge in [-0.3, -0.25) is 4.79 Å². The number of benzene rings is 1. The minimum absolute atomic E-state index is 0.0368. The van der Waals surface area contributed by atoms with Crippen molar-refractivity contribution in [1.82, 2.24) is 24.6 Å². The molecule has 1 aliphatic heterocycles. The molecule has 8 nitrogen and oxygen atoms in total. The topological polar surface area (TPSA) is 76.4 Å². The second-order valence-electron chi connectivity index (χ2n) is 10.2. The number of nitrogens with zero attached hydrogens (tertiary/aromatic N) is 6. The highest BCUT2D eigenvalue weighted by atomic mass is 19.1. The van der Waals surface area contributed by atoms with Gasteiger partial charge in [0.1, 0.15) is 29.8 Å². The maximum Gasteiger partial charge on any atom is 0.244 e. The third-order valence-electron chi connectivity index (χ3n) is 7.75. The van der Waals surface area contributed by atoms with Crippen LogP contribution in [-0.4, -0.2) is 63.8 Å². The Morgan fingerprint density at radius 2 is 1.89 bits per heavy atom. The SMILES string of the molecule is COc1ccnc(N2CCN(C(=O)Cn3nc(-c4ccc(F)c(C)c4)nc3C3CCCCC3C)CC2)c1. The number of hydrogen-bond donors (Lipinski definition) is 0. The molecule has 196 valence electrons. The van der Waals surface area contributed by atoms with Crippen molar-refractivity contribution >= 4 is 11.7 Å².